The molecule has 0 aromatic carbocycles. The maximum Gasteiger partial charge on any atom is 0.258 e. The van der Waals surface area contributed by atoms with Gasteiger partial charge in [-0.05, 0) is 18.2 Å². The van der Waals surface area contributed by atoms with E-state index >= 15 is 0 Å². The van der Waals surface area contributed by atoms with E-state index < -0.39 is 0 Å². The van der Waals surface area contributed by atoms with Gasteiger partial charge >= 0.3 is 0 Å². The van der Waals surface area contributed by atoms with Gasteiger partial charge in [0.05, 0.1) is 5.56 Å². The minimum atomic E-state index is -0.283. The van der Waals surface area contributed by atoms with Crippen molar-refractivity contribution in [1.82, 2.24) is 10.1 Å². The van der Waals surface area contributed by atoms with Crippen molar-refractivity contribution < 1.29 is 14.1 Å². The number of hydrogen-bond donors (Lipinski definition) is 1. The van der Waals surface area contributed by atoms with E-state index in [1.807, 2.05) is 11.8 Å². The van der Waals surface area contributed by atoms with E-state index in [4.69, 9.17) is 4.74 Å². The molecule has 1 aliphatic rings. The highest BCUT2D eigenvalue weighted by molar-refractivity contribution is 7.99. The molecule has 2 aromatic heterocycles. The summed E-state index contributed by atoms with van der Waals surface area (Å²) >= 11 is 1.88. The third kappa shape index (κ3) is 3.11. The number of anilines is 1. The molecule has 1 saturated heterocycles. The zero-order chi connectivity index (χ0) is 13.8. The van der Waals surface area contributed by atoms with Crippen LogP contribution in [0.5, 0.6) is 5.88 Å². The van der Waals surface area contributed by atoms with Crippen molar-refractivity contribution in [2.45, 2.75) is 12.5 Å². The van der Waals surface area contributed by atoms with Gasteiger partial charge in [0.25, 0.3) is 5.91 Å². The standard InChI is InChI=1S/C13H13N3O3S/c17-13(15-11-3-5-18-16-11)9-1-2-12(14-7-9)19-10-4-6-20-8-10/h1-3,5,7,10H,4,6,8H2,(H,15,16,17)/t10-/m1/s1. The minimum Gasteiger partial charge on any atom is -0.473 e. The predicted octanol–water partition coefficient (Wildman–Crippen LogP) is 2.21. The van der Waals surface area contributed by atoms with Crippen molar-refractivity contribution in [3.05, 3.63) is 36.2 Å². The Bertz CT molecular complexity index is 565. The Balaban J connectivity index is 1.61. The summed E-state index contributed by atoms with van der Waals surface area (Å²) in [5.74, 6) is 2.77. The Hall–Kier alpha value is -2.02. The summed E-state index contributed by atoms with van der Waals surface area (Å²) in [6, 6.07) is 4.96. The molecule has 6 nitrogen and oxygen atoms in total. The first-order valence-electron chi connectivity index (χ1n) is 6.23. The molecule has 0 radical (unpaired) electrons. The smallest absolute Gasteiger partial charge is 0.258 e. The molecule has 2 aromatic rings. The number of hydrogen-bond acceptors (Lipinski definition) is 6. The fourth-order valence-electron chi connectivity index (χ4n) is 1.83. The average Bonchev–Trinajstić information content (AvgIpc) is 3.13. The van der Waals surface area contributed by atoms with E-state index in [0.29, 0.717) is 17.3 Å². The molecule has 3 rings (SSSR count). The lowest BCUT2D eigenvalue weighted by Gasteiger charge is -2.11. The molecule has 3 heterocycles. The molecule has 0 spiro atoms. The summed E-state index contributed by atoms with van der Waals surface area (Å²) in [6.45, 7) is 0. The van der Waals surface area contributed by atoms with Gasteiger partial charge in [-0.15, -0.1) is 0 Å². The lowest BCUT2D eigenvalue weighted by Crippen LogP contribution is -2.16. The molecule has 1 atom stereocenters. The number of carbonyl (C=O) groups excluding carboxylic acids is 1. The van der Waals surface area contributed by atoms with Crippen molar-refractivity contribution in [2.75, 3.05) is 16.8 Å². The summed E-state index contributed by atoms with van der Waals surface area (Å²) in [6.07, 6.45) is 4.15. The molecule has 1 amide bonds. The van der Waals surface area contributed by atoms with Crippen LogP contribution in [0.1, 0.15) is 16.8 Å². The molecule has 1 fully saturated rings. The molecular formula is C13H13N3O3S. The number of aromatic nitrogens is 2. The zero-order valence-electron chi connectivity index (χ0n) is 10.6. The van der Waals surface area contributed by atoms with Crippen molar-refractivity contribution in [3.63, 3.8) is 0 Å². The van der Waals surface area contributed by atoms with Crippen molar-refractivity contribution >= 4 is 23.5 Å². The number of thioether (sulfide) groups is 1. The normalized spacial score (nSPS) is 17.9. The van der Waals surface area contributed by atoms with Crippen LogP contribution in [0, 0.1) is 0 Å². The van der Waals surface area contributed by atoms with Gasteiger partial charge in [0.15, 0.2) is 5.82 Å². The van der Waals surface area contributed by atoms with E-state index in [0.717, 1.165) is 17.9 Å². The Kier molecular flexibility index (Phi) is 3.87. The number of amides is 1. The first-order chi connectivity index (χ1) is 9.81. The van der Waals surface area contributed by atoms with Gasteiger partial charge in [-0.2, -0.15) is 11.8 Å². The molecular weight excluding hydrogens is 278 g/mol. The first kappa shape index (κ1) is 13.0. The van der Waals surface area contributed by atoms with Crippen molar-refractivity contribution in [1.29, 1.82) is 0 Å². The predicted molar refractivity (Wildman–Crippen MR) is 75.1 cm³/mol. The maximum absolute atomic E-state index is 11.9. The zero-order valence-corrected chi connectivity index (χ0v) is 11.4. The Morgan fingerprint density at radius 2 is 2.40 bits per heavy atom. The number of carbonyl (C=O) groups is 1. The van der Waals surface area contributed by atoms with E-state index in [1.54, 1.807) is 18.2 Å². The van der Waals surface area contributed by atoms with Gasteiger partial charge in [-0.3, -0.25) is 4.79 Å². The lowest BCUT2D eigenvalue weighted by molar-refractivity contribution is 0.102. The van der Waals surface area contributed by atoms with Crippen molar-refractivity contribution in [3.8, 4) is 5.88 Å². The third-order valence-electron chi connectivity index (χ3n) is 2.85. The second-order valence-corrected chi connectivity index (χ2v) is 5.48. The molecule has 0 unspecified atom stereocenters. The second kappa shape index (κ2) is 5.96. The van der Waals surface area contributed by atoms with E-state index in [2.05, 4.69) is 20.0 Å². The first-order valence-corrected chi connectivity index (χ1v) is 7.39. The summed E-state index contributed by atoms with van der Waals surface area (Å²) in [5, 5.41) is 6.22. The lowest BCUT2D eigenvalue weighted by atomic mass is 10.2. The average molecular weight is 291 g/mol. The van der Waals surface area contributed by atoms with Crippen LogP contribution in [-0.4, -0.2) is 33.7 Å². The summed E-state index contributed by atoms with van der Waals surface area (Å²) in [5.41, 5.74) is 0.446. The van der Waals surface area contributed by atoms with Crippen LogP contribution < -0.4 is 10.1 Å². The van der Waals surface area contributed by atoms with Crippen LogP contribution in [0.2, 0.25) is 0 Å². The topological polar surface area (TPSA) is 77.2 Å². The highest BCUT2D eigenvalue weighted by atomic mass is 32.2. The molecule has 1 aliphatic heterocycles. The van der Waals surface area contributed by atoms with Gasteiger partial charge in [0.2, 0.25) is 5.88 Å². The van der Waals surface area contributed by atoms with E-state index in [-0.39, 0.29) is 12.0 Å². The Morgan fingerprint density at radius 3 is 3.05 bits per heavy atom. The van der Waals surface area contributed by atoms with Crippen molar-refractivity contribution in [2.24, 2.45) is 0 Å². The molecule has 20 heavy (non-hydrogen) atoms. The molecule has 0 saturated carbocycles. The summed E-state index contributed by atoms with van der Waals surface area (Å²) in [4.78, 5) is 16.0. The van der Waals surface area contributed by atoms with Crippen LogP contribution in [0.25, 0.3) is 0 Å². The van der Waals surface area contributed by atoms with Gasteiger partial charge < -0.3 is 14.6 Å². The van der Waals surface area contributed by atoms with Gasteiger partial charge in [0, 0.05) is 24.1 Å². The second-order valence-electron chi connectivity index (χ2n) is 4.33. The molecule has 7 heteroatoms. The summed E-state index contributed by atoms with van der Waals surface area (Å²) < 4.78 is 10.4. The van der Waals surface area contributed by atoms with Crippen LogP contribution in [0.4, 0.5) is 5.82 Å². The molecule has 0 bridgehead atoms. The van der Waals surface area contributed by atoms with Crippen LogP contribution in [-0.2, 0) is 0 Å². The van der Waals surface area contributed by atoms with Gasteiger partial charge in [-0.25, -0.2) is 4.98 Å². The number of nitrogens with one attached hydrogen (secondary N) is 1. The van der Waals surface area contributed by atoms with Crippen LogP contribution >= 0.6 is 11.8 Å². The highest BCUT2D eigenvalue weighted by Gasteiger charge is 2.17. The Labute approximate surface area is 119 Å². The number of pyridine rings is 1. The van der Waals surface area contributed by atoms with Gasteiger partial charge in [-0.1, -0.05) is 5.16 Å². The van der Waals surface area contributed by atoms with Crippen LogP contribution in [0.15, 0.2) is 35.2 Å². The fraction of sp³-hybridized carbons (Fsp3) is 0.308. The number of rotatable bonds is 4. The van der Waals surface area contributed by atoms with E-state index in [1.165, 1.54) is 12.5 Å². The Morgan fingerprint density at radius 1 is 1.45 bits per heavy atom. The summed E-state index contributed by atoms with van der Waals surface area (Å²) in [7, 11) is 0. The molecule has 1 N–H and O–H groups in total. The maximum atomic E-state index is 11.9. The number of ether oxygens (including phenoxy) is 1. The molecule has 0 aliphatic carbocycles. The minimum absolute atomic E-state index is 0.224. The monoisotopic (exact) mass is 291 g/mol. The highest BCUT2D eigenvalue weighted by Crippen LogP contribution is 2.22. The molecule has 104 valence electrons. The quantitative estimate of drug-likeness (QED) is 0.930. The fourth-order valence-corrected chi connectivity index (χ4v) is 2.92. The SMILES string of the molecule is O=C(Nc1ccon1)c1ccc(O[C@@H]2CCSC2)nc1. The van der Waals surface area contributed by atoms with E-state index in [9.17, 15) is 4.79 Å². The van der Waals surface area contributed by atoms with Crippen LogP contribution in [0.3, 0.4) is 0 Å². The largest absolute Gasteiger partial charge is 0.473 e. The van der Waals surface area contributed by atoms with Gasteiger partial charge in [0.1, 0.15) is 12.4 Å². The third-order valence-corrected chi connectivity index (χ3v) is 3.99. The number of nitrogens with zero attached hydrogens (tertiary/aromatic N) is 2.